The second-order valence-corrected chi connectivity index (χ2v) is 12.6. The highest BCUT2D eigenvalue weighted by molar-refractivity contribution is 5.77. The molecule has 5 nitrogen and oxygen atoms in total. The van der Waals surface area contributed by atoms with Gasteiger partial charge in [0.25, 0.3) is 0 Å². The molecular formula is C39H54N2O3. The molecule has 0 amide bonds. The number of likely N-dealkylation sites (tertiary alicyclic amines) is 1. The fraction of sp³-hybridized carbons (Fsp3) is 0.513. The van der Waals surface area contributed by atoms with Gasteiger partial charge in [-0.2, -0.15) is 0 Å². The predicted molar refractivity (Wildman–Crippen MR) is 181 cm³/mol. The first-order chi connectivity index (χ1) is 21.4. The standard InChI is InChI=1S/C39H54N2O3/c1-6-40(29-37-15-9-8-12-30(37)3)24-21-35-17-18-38(26-31(35)4)44-25-11-14-33-19-22-41(23-20-33)28-34-13-10-16-36(27-34)32(5)39(42)43-7-2/h8-10,12-13,15-18,26-27,32-33H,6-7,11,14,19-25,28-29H2,1-5H3. The molecule has 44 heavy (non-hydrogen) atoms. The van der Waals surface area contributed by atoms with Crippen molar-refractivity contribution in [2.24, 2.45) is 5.92 Å². The van der Waals surface area contributed by atoms with E-state index in [4.69, 9.17) is 9.47 Å². The van der Waals surface area contributed by atoms with Gasteiger partial charge < -0.3 is 9.47 Å². The maximum atomic E-state index is 12.2. The Morgan fingerprint density at radius 3 is 2.48 bits per heavy atom. The van der Waals surface area contributed by atoms with Gasteiger partial charge in [0.1, 0.15) is 5.75 Å². The molecule has 1 saturated heterocycles. The molecule has 0 aromatic heterocycles. The first-order valence-corrected chi connectivity index (χ1v) is 16.8. The summed E-state index contributed by atoms with van der Waals surface area (Å²) in [4.78, 5) is 17.2. The van der Waals surface area contributed by atoms with Crippen LogP contribution in [0, 0.1) is 19.8 Å². The number of piperidine rings is 1. The van der Waals surface area contributed by atoms with Crippen LogP contribution in [0.2, 0.25) is 0 Å². The van der Waals surface area contributed by atoms with Gasteiger partial charge >= 0.3 is 5.97 Å². The van der Waals surface area contributed by atoms with Crippen molar-refractivity contribution in [2.75, 3.05) is 39.4 Å². The highest BCUT2D eigenvalue weighted by Crippen LogP contribution is 2.25. The van der Waals surface area contributed by atoms with Gasteiger partial charge in [-0.3, -0.25) is 14.6 Å². The second-order valence-electron chi connectivity index (χ2n) is 12.6. The summed E-state index contributed by atoms with van der Waals surface area (Å²) >= 11 is 0. The molecule has 238 valence electrons. The van der Waals surface area contributed by atoms with E-state index < -0.39 is 0 Å². The molecule has 1 fully saturated rings. The number of hydrogen-bond acceptors (Lipinski definition) is 5. The van der Waals surface area contributed by atoms with Gasteiger partial charge in [-0.05, 0) is 131 Å². The van der Waals surface area contributed by atoms with Crippen LogP contribution in [0.5, 0.6) is 5.75 Å². The molecule has 0 saturated carbocycles. The molecule has 1 aliphatic rings. The number of nitrogens with zero attached hydrogens (tertiary/aromatic N) is 2. The third-order valence-corrected chi connectivity index (χ3v) is 9.34. The Morgan fingerprint density at radius 2 is 1.75 bits per heavy atom. The van der Waals surface area contributed by atoms with Gasteiger partial charge in [0.05, 0.1) is 19.1 Å². The van der Waals surface area contributed by atoms with E-state index in [0.717, 1.165) is 75.9 Å². The lowest BCUT2D eigenvalue weighted by Crippen LogP contribution is -2.33. The Balaban J connectivity index is 1.14. The molecule has 0 radical (unpaired) electrons. The molecule has 3 aromatic rings. The average molecular weight is 599 g/mol. The minimum absolute atomic E-state index is 0.148. The first kappa shape index (κ1) is 33.7. The van der Waals surface area contributed by atoms with E-state index in [1.807, 2.05) is 19.9 Å². The number of esters is 1. The number of carbonyl (C=O) groups is 1. The van der Waals surface area contributed by atoms with E-state index in [1.165, 1.54) is 47.1 Å². The molecule has 0 bridgehead atoms. The van der Waals surface area contributed by atoms with Gasteiger partial charge in [0, 0.05) is 19.6 Å². The fourth-order valence-electron chi connectivity index (χ4n) is 6.31. The average Bonchev–Trinajstić information content (AvgIpc) is 3.03. The maximum Gasteiger partial charge on any atom is 0.313 e. The summed E-state index contributed by atoms with van der Waals surface area (Å²) < 4.78 is 11.4. The largest absolute Gasteiger partial charge is 0.494 e. The molecule has 5 heteroatoms. The summed E-state index contributed by atoms with van der Waals surface area (Å²) in [7, 11) is 0. The minimum atomic E-state index is -0.226. The maximum absolute atomic E-state index is 12.2. The quantitative estimate of drug-likeness (QED) is 0.123. The number of aryl methyl sites for hydroxylation is 2. The molecule has 4 rings (SSSR count). The molecule has 0 aliphatic carbocycles. The van der Waals surface area contributed by atoms with E-state index in [0.29, 0.717) is 6.61 Å². The molecule has 1 aliphatic heterocycles. The van der Waals surface area contributed by atoms with Crippen LogP contribution in [0.1, 0.15) is 85.8 Å². The van der Waals surface area contributed by atoms with E-state index >= 15 is 0 Å². The van der Waals surface area contributed by atoms with Gasteiger partial charge in [0.2, 0.25) is 0 Å². The highest BCUT2D eigenvalue weighted by Gasteiger charge is 2.20. The van der Waals surface area contributed by atoms with E-state index in [2.05, 4.69) is 91.2 Å². The van der Waals surface area contributed by atoms with Crippen LogP contribution in [0.25, 0.3) is 0 Å². The van der Waals surface area contributed by atoms with Crippen LogP contribution in [-0.4, -0.2) is 55.2 Å². The van der Waals surface area contributed by atoms with Crippen LogP contribution in [0.3, 0.4) is 0 Å². The summed E-state index contributed by atoms with van der Waals surface area (Å²) in [5, 5.41) is 0. The fourth-order valence-corrected chi connectivity index (χ4v) is 6.31. The van der Waals surface area contributed by atoms with Gasteiger partial charge in [-0.1, -0.05) is 61.5 Å². The third kappa shape index (κ3) is 10.2. The lowest BCUT2D eigenvalue weighted by Gasteiger charge is -2.32. The van der Waals surface area contributed by atoms with Crippen LogP contribution < -0.4 is 4.74 Å². The van der Waals surface area contributed by atoms with Gasteiger partial charge in [-0.25, -0.2) is 0 Å². The van der Waals surface area contributed by atoms with Crippen LogP contribution in [-0.2, 0) is 29.0 Å². The van der Waals surface area contributed by atoms with Crippen molar-refractivity contribution in [1.29, 1.82) is 0 Å². The number of rotatable bonds is 16. The third-order valence-electron chi connectivity index (χ3n) is 9.34. The number of carbonyl (C=O) groups excluding carboxylic acids is 1. The number of ether oxygens (including phenoxy) is 2. The summed E-state index contributed by atoms with van der Waals surface area (Å²) in [5.74, 6) is 1.39. The van der Waals surface area contributed by atoms with Crippen LogP contribution >= 0.6 is 0 Å². The van der Waals surface area contributed by atoms with Crippen molar-refractivity contribution < 1.29 is 14.3 Å². The SMILES string of the molecule is CCOC(=O)C(C)c1cccc(CN2CCC(CCCOc3ccc(CCN(CC)Cc4ccccc4C)c(C)c3)CC2)c1. The molecule has 1 unspecified atom stereocenters. The van der Waals surface area contributed by atoms with Crippen molar-refractivity contribution in [3.05, 3.63) is 100 Å². The lowest BCUT2D eigenvalue weighted by molar-refractivity contribution is -0.144. The summed E-state index contributed by atoms with van der Waals surface area (Å²) in [6, 6.07) is 23.8. The van der Waals surface area contributed by atoms with Gasteiger partial charge in [0.15, 0.2) is 0 Å². The molecule has 0 spiro atoms. The normalized spacial score (nSPS) is 15.0. The van der Waals surface area contributed by atoms with Crippen LogP contribution in [0.15, 0.2) is 66.7 Å². The molecule has 3 aromatic carbocycles. The van der Waals surface area contributed by atoms with Crippen molar-refractivity contribution in [1.82, 2.24) is 9.80 Å². The van der Waals surface area contributed by atoms with Crippen LogP contribution in [0.4, 0.5) is 0 Å². The number of benzene rings is 3. The first-order valence-electron chi connectivity index (χ1n) is 16.8. The highest BCUT2D eigenvalue weighted by atomic mass is 16.5. The Morgan fingerprint density at radius 1 is 0.955 bits per heavy atom. The smallest absolute Gasteiger partial charge is 0.313 e. The van der Waals surface area contributed by atoms with E-state index in [9.17, 15) is 4.79 Å². The van der Waals surface area contributed by atoms with Gasteiger partial charge in [-0.15, -0.1) is 0 Å². The second kappa shape index (κ2) is 17.4. The topological polar surface area (TPSA) is 42.0 Å². The number of likely N-dealkylation sites (N-methyl/N-ethyl adjacent to an activating group) is 1. The predicted octanol–water partition coefficient (Wildman–Crippen LogP) is 8.11. The molecule has 1 heterocycles. The number of hydrogen-bond donors (Lipinski definition) is 0. The molecular weight excluding hydrogens is 544 g/mol. The zero-order valence-electron chi connectivity index (χ0n) is 27.8. The Bertz CT molecular complexity index is 1310. The van der Waals surface area contributed by atoms with Crippen molar-refractivity contribution in [3.63, 3.8) is 0 Å². The zero-order valence-corrected chi connectivity index (χ0v) is 27.8. The molecule has 1 atom stereocenters. The lowest BCUT2D eigenvalue weighted by atomic mass is 9.92. The summed E-state index contributed by atoms with van der Waals surface area (Å²) in [6.45, 7) is 18.0. The van der Waals surface area contributed by atoms with E-state index in [-0.39, 0.29) is 11.9 Å². The van der Waals surface area contributed by atoms with Crippen molar-refractivity contribution in [2.45, 2.75) is 85.7 Å². The van der Waals surface area contributed by atoms with E-state index in [1.54, 1.807) is 0 Å². The Hall–Kier alpha value is -3.15. The summed E-state index contributed by atoms with van der Waals surface area (Å²) in [6.07, 6.45) is 5.87. The molecule has 0 N–H and O–H groups in total. The van der Waals surface area contributed by atoms with Crippen molar-refractivity contribution >= 4 is 5.97 Å². The minimum Gasteiger partial charge on any atom is -0.494 e. The summed E-state index contributed by atoms with van der Waals surface area (Å²) in [5.41, 5.74) is 7.84. The Kier molecular flexibility index (Phi) is 13.3. The van der Waals surface area contributed by atoms with Crippen molar-refractivity contribution in [3.8, 4) is 5.75 Å². The zero-order chi connectivity index (χ0) is 31.3. The Labute approximate surface area is 266 Å². The monoisotopic (exact) mass is 598 g/mol.